The van der Waals surface area contributed by atoms with Crippen LogP contribution in [-0.4, -0.2) is 32.2 Å². The molecule has 5 heteroatoms. The van der Waals surface area contributed by atoms with Crippen LogP contribution < -0.4 is 20.1 Å². The van der Waals surface area contributed by atoms with Crippen molar-refractivity contribution in [3.05, 3.63) is 18.2 Å². The summed E-state index contributed by atoms with van der Waals surface area (Å²) in [5.41, 5.74) is 0.766. The van der Waals surface area contributed by atoms with E-state index in [1.165, 1.54) is 0 Å². The van der Waals surface area contributed by atoms with Gasteiger partial charge in [0.25, 0.3) is 0 Å². The van der Waals surface area contributed by atoms with E-state index in [9.17, 15) is 4.79 Å². The second-order valence-corrected chi connectivity index (χ2v) is 5.08. The van der Waals surface area contributed by atoms with Gasteiger partial charge in [0.2, 0.25) is 5.91 Å². The summed E-state index contributed by atoms with van der Waals surface area (Å²) in [6.45, 7) is 10.0. The average Bonchev–Trinajstić information content (AvgIpc) is 2.45. The quantitative estimate of drug-likeness (QED) is 0.735. The number of hydrogen-bond donors (Lipinski definition) is 2. The normalized spacial score (nSPS) is 10.3. The van der Waals surface area contributed by atoms with Gasteiger partial charge in [0, 0.05) is 12.6 Å². The molecule has 0 bridgehead atoms. The molecule has 0 aliphatic carbocycles. The second-order valence-electron chi connectivity index (χ2n) is 5.08. The highest BCUT2D eigenvalue weighted by Gasteiger charge is 2.08. The Hall–Kier alpha value is -1.91. The van der Waals surface area contributed by atoms with E-state index in [0.717, 1.165) is 17.2 Å². The zero-order chi connectivity index (χ0) is 15.7. The van der Waals surface area contributed by atoms with Gasteiger partial charge in [0.1, 0.15) is 11.5 Å². The molecule has 0 heterocycles. The number of anilines is 1. The minimum atomic E-state index is -0.0343. The fourth-order valence-corrected chi connectivity index (χ4v) is 1.74. The molecule has 1 aromatic rings. The number of amides is 1. The first-order valence-corrected chi connectivity index (χ1v) is 7.47. The molecule has 0 atom stereocenters. The summed E-state index contributed by atoms with van der Waals surface area (Å²) in [7, 11) is 0. The van der Waals surface area contributed by atoms with Crippen molar-refractivity contribution in [1.29, 1.82) is 0 Å². The van der Waals surface area contributed by atoms with Gasteiger partial charge in [-0.3, -0.25) is 4.79 Å². The summed E-state index contributed by atoms with van der Waals surface area (Å²) in [6.07, 6.45) is 0. The Bertz CT molecular complexity index is 447. The fourth-order valence-electron chi connectivity index (χ4n) is 1.74. The second kappa shape index (κ2) is 9.10. The predicted molar refractivity (Wildman–Crippen MR) is 85.1 cm³/mol. The Kier molecular flexibility index (Phi) is 7.43. The van der Waals surface area contributed by atoms with Crippen LogP contribution in [0.25, 0.3) is 0 Å². The first-order chi connectivity index (χ1) is 10.1. The summed E-state index contributed by atoms with van der Waals surface area (Å²) in [5.74, 6) is 1.88. The van der Waals surface area contributed by atoms with Crippen molar-refractivity contribution in [2.75, 3.05) is 31.6 Å². The van der Waals surface area contributed by atoms with E-state index in [1.54, 1.807) is 0 Å². The Labute approximate surface area is 127 Å². The fraction of sp³-hybridized carbons (Fsp3) is 0.562. The first-order valence-electron chi connectivity index (χ1n) is 7.47. The third-order valence-corrected chi connectivity index (χ3v) is 2.71. The number of nitrogens with one attached hydrogen (secondary N) is 2. The van der Waals surface area contributed by atoms with Gasteiger partial charge >= 0.3 is 0 Å². The third-order valence-electron chi connectivity index (χ3n) is 2.71. The average molecular weight is 294 g/mol. The number of carbonyl (C=O) groups excluding carboxylic acids is 1. The van der Waals surface area contributed by atoms with Crippen LogP contribution in [0.2, 0.25) is 0 Å². The predicted octanol–water partition coefficient (Wildman–Crippen LogP) is 2.67. The Balaban J connectivity index is 2.65. The van der Waals surface area contributed by atoms with Crippen molar-refractivity contribution in [3.8, 4) is 11.5 Å². The molecular formula is C16H26N2O3. The molecule has 2 N–H and O–H groups in total. The molecule has 118 valence electrons. The van der Waals surface area contributed by atoms with Crippen LogP contribution in [-0.2, 0) is 4.79 Å². The number of hydrogen-bond acceptors (Lipinski definition) is 4. The maximum absolute atomic E-state index is 11.8. The summed E-state index contributed by atoms with van der Waals surface area (Å²) >= 11 is 0. The van der Waals surface area contributed by atoms with E-state index in [2.05, 4.69) is 24.5 Å². The third kappa shape index (κ3) is 6.38. The lowest BCUT2D eigenvalue weighted by atomic mass is 10.2. The molecule has 0 fully saturated rings. The number of benzene rings is 1. The molecule has 0 saturated carbocycles. The molecule has 0 spiro atoms. The Morgan fingerprint density at radius 1 is 1.19 bits per heavy atom. The molecule has 5 nitrogen and oxygen atoms in total. The van der Waals surface area contributed by atoms with Gasteiger partial charge in [-0.2, -0.15) is 0 Å². The highest BCUT2D eigenvalue weighted by Crippen LogP contribution is 2.29. The van der Waals surface area contributed by atoms with Gasteiger partial charge in [-0.25, -0.2) is 0 Å². The molecule has 1 aromatic carbocycles. The maximum atomic E-state index is 11.8. The van der Waals surface area contributed by atoms with Gasteiger partial charge in [-0.05, 0) is 31.9 Å². The van der Waals surface area contributed by atoms with Crippen LogP contribution in [0, 0.1) is 5.92 Å². The van der Waals surface area contributed by atoms with Crippen molar-refractivity contribution in [2.45, 2.75) is 27.7 Å². The van der Waals surface area contributed by atoms with Gasteiger partial charge < -0.3 is 20.1 Å². The van der Waals surface area contributed by atoms with Crippen molar-refractivity contribution in [1.82, 2.24) is 5.32 Å². The minimum absolute atomic E-state index is 0.0343. The molecule has 0 aliphatic heterocycles. The topological polar surface area (TPSA) is 59.6 Å². The largest absolute Gasteiger partial charge is 0.494 e. The summed E-state index contributed by atoms with van der Waals surface area (Å²) in [5, 5.41) is 5.97. The van der Waals surface area contributed by atoms with E-state index in [4.69, 9.17) is 9.47 Å². The summed E-state index contributed by atoms with van der Waals surface area (Å²) in [6, 6.07) is 5.56. The SMILES string of the molecule is CCOc1ccc(OCC)c(NCC(=O)NCC(C)C)c1. The lowest BCUT2D eigenvalue weighted by Crippen LogP contribution is -2.32. The van der Waals surface area contributed by atoms with Crippen molar-refractivity contribution < 1.29 is 14.3 Å². The van der Waals surface area contributed by atoms with E-state index in [1.807, 2.05) is 32.0 Å². The van der Waals surface area contributed by atoms with Crippen LogP contribution in [0.4, 0.5) is 5.69 Å². The zero-order valence-electron chi connectivity index (χ0n) is 13.4. The molecule has 0 radical (unpaired) electrons. The van der Waals surface area contributed by atoms with Gasteiger partial charge in [-0.15, -0.1) is 0 Å². The molecule has 0 aromatic heterocycles. The molecular weight excluding hydrogens is 268 g/mol. The Morgan fingerprint density at radius 3 is 2.52 bits per heavy atom. The smallest absolute Gasteiger partial charge is 0.239 e. The Morgan fingerprint density at radius 2 is 1.90 bits per heavy atom. The lowest BCUT2D eigenvalue weighted by molar-refractivity contribution is -0.119. The highest BCUT2D eigenvalue weighted by molar-refractivity contribution is 5.81. The van der Waals surface area contributed by atoms with Gasteiger partial charge in [0.05, 0.1) is 25.4 Å². The number of ether oxygens (including phenoxy) is 2. The summed E-state index contributed by atoms with van der Waals surface area (Å²) < 4.78 is 11.0. The van der Waals surface area contributed by atoms with Crippen molar-refractivity contribution in [3.63, 3.8) is 0 Å². The number of carbonyl (C=O) groups is 1. The van der Waals surface area contributed by atoms with Crippen LogP contribution in [0.1, 0.15) is 27.7 Å². The van der Waals surface area contributed by atoms with Crippen LogP contribution in [0.5, 0.6) is 11.5 Å². The number of rotatable bonds is 9. The van der Waals surface area contributed by atoms with Crippen molar-refractivity contribution in [2.24, 2.45) is 5.92 Å². The highest BCUT2D eigenvalue weighted by atomic mass is 16.5. The van der Waals surface area contributed by atoms with Crippen molar-refractivity contribution >= 4 is 11.6 Å². The minimum Gasteiger partial charge on any atom is -0.494 e. The molecule has 1 amide bonds. The zero-order valence-corrected chi connectivity index (χ0v) is 13.4. The van der Waals surface area contributed by atoms with Crippen LogP contribution in [0.3, 0.4) is 0 Å². The standard InChI is InChI=1S/C16H26N2O3/c1-5-20-13-7-8-15(21-6-2)14(9-13)17-11-16(19)18-10-12(3)4/h7-9,12,17H,5-6,10-11H2,1-4H3,(H,18,19). The van der Waals surface area contributed by atoms with Crippen LogP contribution in [0.15, 0.2) is 18.2 Å². The van der Waals surface area contributed by atoms with Gasteiger partial charge in [0.15, 0.2) is 0 Å². The lowest BCUT2D eigenvalue weighted by Gasteiger charge is -2.14. The summed E-state index contributed by atoms with van der Waals surface area (Å²) in [4.78, 5) is 11.8. The monoisotopic (exact) mass is 294 g/mol. The maximum Gasteiger partial charge on any atom is 0.239 e. The van der Waals surface area contributed by atoms with Gasteiger partial charge in [-0.1, -0.05) is 13.8 Å². The molecule has 21 heavy (non-hydrogen) atoms. The van der Waals surface area contributed by atoms with E-state index in [0.29, 0.717) is 25.7 Å². The van der Waals surface area contributed by atoms with E-state index < -0.39 is 0 Å². The molecule has 0 unspecified atom stereocenters. The first kappa shape index (κ1) is 17.1. The molecule has 0 saturated heterocycles. The van der Waals surface area contributed by atoms with Crippen LogP contribution >= 0.6 is 0 Å². The molecule has 1 rings (SSSR count). The van der Waals surface area contributed by atoms with E-state index in [-0.39, 0.29) is 12.5 Å². The van der Waals surface area contributed by atoms with E-state index >= 15 is 0 Å². The molecule has 0 aliphatic rings.